The molecule has 1 aliphatic rings. The molecule has 24 heavy (non-hydrogen) atoms. The maximum Gasteiger partial charge on any atom is 0.128 e. The van der Waals surface area contributed by atoms with Crippen LogP contribution in [0.25, 0.3) is 0 Å². The summed E-state index contributed by atoms with van der Waals surface area (Å²) in [6, 6.07) is 20.4. The van der Waals surface area contributed by atoms with Crippen molar-refractivity contribution in [1.29, 1.82) is 0 Å². The molecule has 1 heteroatoms. The number of benzene rings is 2. The highest BCUT2D eigenvalue weighted by molar-refractivity contribution is 7.04. The molecule has 0 amide bonds. The van der Waals surface area contributed by atoms with E-state index in [0.717, 1.165) is 0 Å². The van der Waals surface area contributed by atoms with Gasteiger partial charge in [-0.05, 0) is 33.3 Å². The molecule has 124 valence electrons. The van der Waals surface area contributed by atoms with E-state index >= 15 is 0 Å². The maximum atomic E-state index is 2.54. The molecule has 0 saturated carbocycles. The van der Waals surface area contributed by atoms with E-state index in [0.29, 0.717) is 0 Å². The molecular weight excluding hydrogens is 304 g/mol. The van der Waals surface area contributed by atoms with Gasteiger partial charge < -0.3 is 0 Å². The predicted molar refractivity (Wildman–Crippen MR) is 109 cm³/mol. The van der Waals surface area contributed by atoms with Gasteiger partial charge in [-0.15, -0.1) is 0 Å². The van der Waals surface area contributed by atoms with Crippen LogP contribution in [0.2, 0.25) is 11.6 Å². The fourth-order valence-corrected chi connectivity index (χ4v) is 8.95. The van der Waals surface area contributed by atoms with E-state index < -0.39 is 8.07 Å². The van der Waals surface area contributed by atoms with E-state index in [1.807, 2.05) is 0 Å². The van der Waals surface area contributed by atoms with Gasteiger partial charge in [0.1, 0.15) is 8.07 Å². The van der Waals surface area contributed by atoms with E-state index in [9.17, 15) is 0 Å². The van der Waals surface area contributed by atoms with Gasteiger partial charge in [-0.2, -0.15) is 0 Å². The molecule has 2 aromatic rings. The van der Waals surface area contributed by atoms with Crippen LogP contribution in [0, 0.1) is 6.92 Å². The SMILES string of the molecule is CC1=CC(C)([Si](C)(c2ccccc2)c2ccc(C)cc2)C(C)=C1C. The minimum atomic E-state index is -2.00. The van der Waals surface area contributed by atoms with Crippen LogP contribution in [0.15, 0.2) is 77.4 Å². The lowest BCUT2D eigenvalue weighted by Gasteiger charge is -2.44. The monoisotopic (exact) mass is 332 g/mol. The van der Waals surface area contributed by atoms with Crippen molar-refractivity contribution in [2.45, 2.75) is 46.2 Å². The number of rotatable bonds is 3. The Hall–Kier alpha value is -1.86. The van der Waals surface area contributed by atoms with Gasteiger partial charge in [-0.3, -0.25) is 0 Å². The number of allylic oxidation sites excluding steroid dienone is 4. The number of hydrogen-bond acceptors (Lipinski definition) is 0. The first kappa shape index (κ1) is 17.0. The van der Waals surface area contributed by atoms with Crippen LogP contribution in [0.1, 0.15) is 33.3 Å². The summed E-state index contributed by atoms with van der Waals surface area (Å²) in [5, 5.41) is 3.13. The minimum absolute atomic E-state index is 0.109. The van der Waals surface area contributed by atoms with Crippen molar-refractivity contribution in [3.8, 4) is 0 Å². The Bertz CT molecular complexity index is 811. The Labute approximate surface area is 147 Å². The fourth-order valence-electron chi connectivity index (χ4n) is 4.28. The van der Waals surface area contributed by atoms with Crippen LogP contribution in [0.5, 0.6) is 0 Å². The highest BCUT2D eigenvalue weighted by atomic mass is 28.3. The van der Waals surface area contributed by atoms with Crippen LogP contribution in [0.4, 0.5) is 0 Å². The maximum absolute atomic E-state index is 2.54. The van der Waals surface area contributed by atoms with Crippen molar-refractivity contribution in [3.63, 3.8) is 0 Å². The molecule has 0 nitrogen and oxygen atoms in total. The Kier molecular flexibility index (Phi) is 4.17. The van der Waals surface area contributed by atoms with E-state index in [4.69, 9.17) is 0 Å². The summed E-state index contributed by atoms with van der Waals surface area (Å²) in [6.45, 7) is 14.0. The fraction of sp³-hybridized carbons (Fsp3) is 0.304. The zero-order chi connectivity index (χ0) is 17.5. The zero-order valence-electron chi connectivity index (χ0n) is 15.8. The third kappa shape index (κ3) is 2.34. The summed E-state index contributed by atoms with van der Waals surface area (Å²) < 4.78 is 0. The van der Waals surface area contributed by atoms with Gasteiger partial charge in [-0.25, -0.2) is 0 Å². The number of hydrogen-bond donors (Lipinski definition) is 0. The van der Waals surface area contributed by atoms with Crippen molar-refractivity contribution in [1.82, 2.24) is 0 Å². The summed E-state index contributed by atoms with van der Waals surface area (Å²) in [5.41, 5.74) is 5.78. The van der Waals surface area contributed by atoms with Gasteiger partial charge in [0, 0.05) is 5.04 Å². The highest BCUT2D eigenvalue weighted by Crippen LogP contribution is 2.52. The summed E-state index contributed by atoms with van der Waals surface area (Å²) >= 11 is 0. The van der Waals surface area contributed by atoms with Crippen molar-refractivity contribution in [2.75, 3.05) is 0 Å². The third-order valence-electron chi connectivity index (χ3n) is 6.46. The number of aryl methyl sites for hydroxylation is 1. The van der Waals surface area contributed by atoms with Crippen molar-refractivity contribution < 1.29 is 0 Å². The normalized spacial score (nSPS) is 23.2. The Balaban J connectivity index is 2.31. The lowest BCUT2D eigenvalue weighted by atomic mass is 10.0. The van der Waals surface area contributed by atoms with Gasteiger partial charge in [0.15, 0.2) is 0 Å². The lowest BCUT2D eigenvalue weighted by Crippen LogP contribution is -2.63. The highest BCUT2D eigenvalue weighted by Gasteiger charge is 2.51. The van der Waals surface area contributed by atoms with Crippen LogP contribution < -0.4 is 10.4 Å². The Morgan fingerprint density at radius 3 is 1.79 bits per heavy atom. The first-order valence-corrected chi connectivity index (χ1v) is 11.3. The second-order valence-electron chi connectivity index (χ2n) is 7.64. The minimum Gasteiger partial charge on any atom is -0.0733 e. The van der Waals surface area contributed by atoms with Gasteiger partial charge in [0.2, 0.25) is 0 Å². The first-order valence-electron chi connectivity index (χ1n) is 8.81. The molecule has 0 saturated heterocycles. The molecule has 1 aliphatic carbocycles. The van der Waals surface area contributed by atoms with Gasteiger partial charge >= 0.3 is 0 Å². The van der Waals surface area contributed by atoms with E-state index in [-0.39, 0.29) is 5.04 Å². The van der Waals surface area contributed by atoms with Crippen LogP contribution in [-0.4, -0.2) is 8.07 Å². The van der Waals surface area contributed by atoms with Gasteiger partial charge in [0.25, 0.3) is 0 Å². The topological polar surface area (TPSA) is 0 Å². The first-order chi connectivity index (χ1) is 11.3. The van der Waals surface area contributed by atoms with E-state index in [1.165, 1.54) is 27.1 Å². The molecule has 0 fully saturated rings. The molecule has 0 aliphatic heterocycles. The standard InChI is InChI=1S/C23H28Si/c1-17-12-14-22(15-13-17)24(6,21-10-8-7-9-11-21)23(5)16-18(2)19(3)20(23)4/h7-16H,1-6H3. The van der Waals surface area contributed by atoms with Crippen LogP contribution in [-0.2, 0) is 0 Å². The molecule has 0 bridgehead atoms. The molecule has 3 rings (SSSR count). The summed E-state index contributed by atoms with van der Waals surface area (Å²) in [7, 11) is -2.00. The smallest absolute Gasteiger partial charge is 0.0733 e. The average molecular weight is 333 g/mol. The molecule has 0 heterocycles. The largest absolute Gasteiger partial charge is 0.128 e. The van der Waals surface area contributed by atoms with Gasteiger partial charge in [-0.1, -0.05) is 101 Å². The van der Waals surface area contributed by atoms with Crippen molar-refractivity contribution in [2.24, 2.45) is 0 Å². The van der Waals surface area contributed by atoms with Crippen molar-refractivity contribution in [3.05, 3.63) is 83.0 Å². The van der Waals surface area contributed by atoms with E-state index in [2.05, 4.69) is 102 Å². The summed E-state index contributed by atoms with van der Waals surface area (Å²) in [4.78, 5) is 0. The second kappa shape index (κ2) is 5.89. The second-order valence-corrected chi connectivity index (χ2v) is 12.1. The van der Waals surface area contributed by atoms with Crippen LogP contribution >= 0.6 is 0 Å². The third-order valence-corrected chi connectivity index (χ3v) is 12.0. The van der Waals surface area contributed by atoms with E-state index in [1.54, 1.807) is 5.57 Å². The Morgan fingerprint density at radius 1 is 0.750 bits per heavy atom. The Morgan fingerprint density at radius 2 is 1.29 bits per heavy atom. The molecule has 0 aromatic heterocycles. The quantitative estimate of drug-likeness (QED) is 0.674. The molecule has 0 radical (unpaired) electrons. The summed E-state index contributed by atoms with van der Waals surface area (Å²) in [6.07, 6.45) is 2.54. The molecule has 2 atom stereocenters. The average Bonchev–Trinajstić information content (AvgIpc) is 2.80. The lowest BCUT2D eigenvalue weighted by molar-refractivity contribution is 0.865. The molecule has 0 spiro atoms. The molecule has 0 N–H and O–H groups in total. The molecular formula is C23H28Si. The summed E-state index contributed by atoms with van der Waals surface area (Å²) in [5.74, 6) is 0. The van der Waals surface area contributed by atoms with Crippen molar-refractivity contribution >= 4 is 18.4 Å². The molecule has 2 aromatic carbocycles. The van der Waals surface area contributed by atoms with Crippen LogP contribution in [0.3, 0.4) is 0 Å². The van der Waals surface area contributed by atoms with Gasteiger partial charge in [0.05, 0.1) is 0 Å². The molecule has 2 unspecified atom stereocenters. The predicted octanol–water partition coefficient (Wildman–Crippen LogP) is 5.24. The zero-order valence-corrected chi connectivity index (χ0v) is 16.8.